The fourth-order valence-corrected chi connectivity index (χ4v) is 6.30. The van der Waals surface area contributed by atoms with E-state index in [1.54, 1.807) is 4.68 Å². The number of anilines is 3. The molecule has 1 aromatic carbocycles. The molecule has 0 amide bonds. The molecule has 0 bridgehead atoms. The van der Waals surface area contributed by atoms with E-state index in [9.17, 15) is 0 Å². The molecular formula is C31H39N9. The third-order valence-electron chi connectivity index (χ3n) is 8.21. The van der Waals surface area contributed by atoms with Gasteiger partial charge in [-0.1, -0.05) is 19.9 Å². The Labute approximate surface area is 236 Å². The maximum atomic E-state index is 6.30. The maximum absolute atomic E-state index is 6.30. The molecule has 0 unspecified atom stereocenters. The number of benzene rings is 1. The second-order valence-electron chi connectivity index (χ2n) is 11.0. The Bertz CT molecular complexity index is 1470. The van der Waals surface area contributed by atoms with Gasteiger partial charge in [-0.15, -0.1) is 15.3 Å². The van der Waals surface area contributed by atoms with Crippen LogP contribution in [0.2, 0.25) is 0 Å². The van der Waals surface area contributed by atoms with Gasteiger partial charge in [0.1, 0.15) is 0 Å². The number of nitrogens with zero attached hydrogens (tertiary/aromatic N) is 7. The number of pyridine rings is 1. The van der Waals surface area contributed by atoms with Gasteiger partial charge in [0.15, 0.2) is 5.82 Å². The summed E-state index contributed by atoms with van der Waals surface area (Å²) in [5.74, 6) is 1.30. The highest BCUT2D eigenvalue weighted by Gasteiger charge is 2.22. The Morgan fingerprint density at radius 3 is 2.60 bits per heavy atom. The molecule has 2 aliphatic rings. The van der Waals surface area contributed by atoms with E-state index in [-0.39, 0.29) is 5.95 Å². The zero-order valence-electron chi connectivity index (χ0n) is 23.6. The molecule has 0 saturated heterocycles. The van der Waals surface area contributed by atoms with Gasteiger partial charge < -0.3 is 16.0 Å². The molecule has 3 heterocycles. The van der Waals surface area contributed by atoms with E-state index in [4.69, 9.17) is 5.73 Å². The first-order chi connectivity index (χ1) is 19.6. The van der Waals surface area contributed by atoms with E-state index in [0.29, 0.717) is 17.8 Å². The molecular weight excluding hydrogens is 498 g/mol. The third kappa shape index (κ3) is 5.43. The summed E-state index contributed by atoms with van der Waals surface area (Å²) in [5.41, 5.74) is 14.3. The lowest BCUT2D eigenvalue weighted by molar-refractivity contribution is 0.180. The molecule has 9 nitrogen and oxygen atoms in total. The normalized spacial score (nSPS) is 16.5. The van der Waals surface area contributed by atoms with Crippen LogP contribution in [0.5, 0.6) is 0 Å². The zero-order valence-corrected chi connectivity index (χ0v) is 23.6. The average molecular weight is 538 g/mol. The van der Waals surface area contributed by atoms with Gasteiger partial charge in [0.2, 0.25) is 11.9 Å². The van der Waals surface area contributed by atoms with Crippen molar-refractivity contribution in [3.05, 3.63) is 65.0 Å². The number of hydrogen-bond donors (Lipinski definition) is 2. The molecule has 0 fully saturated rings. The van der Waals surface area contributed by atoms with Crippen LogP contribution in [0.15, 0.2) is 42.6 Å². The van der Waals surface area contributed by atoms with Gasteiger partial charge in [0.25, 0.3) is 0 Å². The molecule has 3 aromatic heterocycles. The fraction of sp³-hybridized carbons (Fsp3) is 0.452. The summed E-state index contributed by atoms with van der Waals surface area (Å²) in [5, 5.41) is 17.1. The molecule has 0 saturated carbocycles. The van der Waals surface area contributed by atoms with Crippen LogP contribution in [0.1, 0.15) is 68.3 Å². The lowest BCUT2D eigenvalue weighted by Gasteiger charge is -2.30. The van der Waals surface area contributed by atoms with Gasteiger partial charge in [-0.05, 0) is 118 Å². The Balaban J connectivity index is 1.19. The highest BCUT2D eigenvalue weighted by molar-refractivity contribution is 5.67. The molecule has 0 aliphatic heterocycles. The Morgan fingerprint density at radius 2 is 1.77 bits per heavy atom. The highest BCUT2D eigenvalue weighted by atomic mass is 15.4. The number of rotatable bonds is 8. The summed E-state index contributed by atoms with van der Waals surface area (Å²) in [6.07, 6.45) is 11.7. The molecule has 0 spiro atoms. The predicted molar refractivity (Wildman–Crippen MR) is 159 cm³/mol. The molecule has 6 rings (SSSR count). The summed E-state index contributed by atoms with van der Waals surface area (Å²) in [7, 11) is 0. The fourth-order valence-electron chi connectivity index (χ4n) is 6.30. The van der Waals surface area contributed by atoms with Crippen molar-refractivity contribution in [2.24, 2.45) is 0 Å². The summed E-state index contributed by atoms with van der Waals surface area (Å²) in [6.45, 7) is 6.95. The Morgan fingerprint density at radius 1 is 0.950 bits per heavy atom. The molecule has 4 aromatic rings. The molecule has 9 heteroatoms. The van der Waals surface area contributed by atoms with Crippen molar-refractivity contribution in [2.45, 2.75) is 77.7 Å². The lowest BCUT2D eigenvalue weighted by atomic mass is 10.0. The lowest BCUT2D eigenvalue weighted by Crippen LogP contribution is -2.36. The van der Waals surface area contributed by atoms with Crippen molar-refractivity contribution in [3.8, 4) is 17.1 Å². The van der Waals surface area contributed by atoms with E-state index in [2.05, 4.69) is 73.6 Å². The van der Waals surface area contributed by atoms with Crippen molar-refractivity contribution in [1.82, 2.24) is 34.8 Å². The van der Waals surface area contributed by atoms with Gasteiger partial charge in [0, 0.05) is 29.2 Å². The largest absolute Gasteiger partial charge is 0.368 e. The monoisotopic (exact) mass is 537 g/mol. The van der Waals surface area contributed by atoms with Crippen LogP contribution in [0.4, 0.5) is 17.6 Å². The van der Waals surface area contributed by atoms with E-state index >= 15 is 0 Å². The molecule has 40 heavy (non-hydrogen) atoms. The van der Waals surface area contributed by atoms with Crippen molar-refractivity contribution in [1.29, 1.82) is 0 Å². The van der Waals surface area contributed by atoms with Crippen molar-refractivity contribution >= 4 is 17.6 Å². The topological polar surface area (TPSA) is 111 Å². The Kier molecular flexibility index (Phi) is 7.73. The molecule has 208 valence electrons. The SMILES string of the molecule is CCCN(CCC)[C@@H]1CCc2ccc(Nc3nc(N)n(-c4cc5c(nn4)-c4cccnc4CCC5)n3)cc2CC1. The number of fused-ring (bicyclic) bond motifs is 4. The average Bonchev–Trinajstić information content (AvgIpc) is 3.11. The number of hydrogen-bond acceptors (Lipinski definition) is 8. The van der Waals surface area contributed by atoms with Crippen LogP contribution in [0.3, 0.4) is 0 Å². The summed E-state index contributed by atoms with van der Waals surface area (Å²) in [6, 6.07) is 13.3. The van der Waals surface area contributed by atoms with Gasteiger partial charge in [-0.25, -0.2) is 0 Å². The van der Waals surface area contributed by atoms with Gasteiger partial charge in [0.05, 0.1) is 5.69 Å². The van der Waals surface area contributed by atoms with Crippen molar-refractivity contribution in [2.75, 3.05) is 24.1 Å². The van der Waals surface area contributed by atoms with E-state index in [1.165, 1.54) is 49.9 Å². The molecule has 0 radical (unpaired) electrons. The third-order valence-corrected chi connectivity index (χ3v) is 8.21. The molecule has 2 aliphatic carbocycles. The molecule has 1 atom stereocenters. The zero-order chi connectivity index (χ0) is 27.5. The first kappa shape index (κ1) is 26.4. The molecule has 3 N–H and O–H groups in total. The smallest absolute Gasteiger partial charge is 0.248 e. The van der Waals surface area contributed by atoms with Crippen molar-refractivity contribution in [3.63, 3.8) is 0 Å². The van der Waals surface area contributed by atoms with Crippen LogP contribution in [0.25, 0.3) is 17.1 Å². The first-order valence-electron chi connectivity index (χ1n) is 14.8. The van der Waals surface area contributed by atoms with Gasteiger partial charge >= 0.3 is 0 Å². The number of aromatic nitrogens is 6. The van der Waals surface area contributed by atoms with Gasteiger partial charge in [-0.2, -0.15) is 9.67 Å². The second kappa shape index (κ2) is 11.7. The Hall–Kier alpha value is -3.85. The summed E-state index contributed by atoms with van der Waals surface area (Å²) < 4.78 is 1.56. The van der Waals surface area contributed by atoms with Crippen LogP contribution in [-0.2, 0) is 25.7 Å². The van der Waals surface area contributed by atoms with Crippen molar-refractivity contribution < 1.29 is 0 Å². The second-order valence-corrected chi connectivity index (χ2v) is 11.0. The van der Waals surface area contributed by atoms with Crippen LogP contribution < -0.4 is 11.1 Å². The van der Waals surface area contributed by atoms with E-state index in [0.717, 1.165) is 60.3 Å². The van der Waals surface area contributed by atoms with E-state index in [1.807, 2.05) is 18.3 Å². The minimum absolute atomic E-state index is 0.275. The summed E-state index contributed by atoms with van der Waals surface area (Å²) >= 11 is 0. The minimum Gasteiger partial charge on any atom is -0.368 e. The van der Waals surface area contributed by atoms with Crippen LogP contribution in [0, 0.1) is 0 Å². The number of nitrogens with one attached hydrogen (secondary N) is 1. The van der Waals surface area contributed by atoms with Gasteiger partial charge in [-0.3, -0.25) is 4.98 Å². The van der Waals surface area contributed by atoms with Crippen LogP contribution in [-0.4, -0.2) is 54.0 Å². The minimum atomic E-state index is 0.275. The standard InChI is InChI=1S/C31H39N9/c1-3-17-39(18-4-2)25-14-11-21-10-13-24(19-22(21)12-15-25)34-31-35-30(32)40(38-31)28-20-23-7-5-9-27-26(8-6-16-33-27)29(23)37-36-28/h6,8,10,13,16,19-20,25H,3-5,7,9,11-12,14-15,17-18H2,1-2H3,(H3,32,34,35,38)/t25-/m1/s1. The predicted octanol–water partition coefficient (Wildman–Crippen LogP) is 5.30. The number of aryl methyl sites for hydroxylation is 4. The number of nitrogens with two attached hydrogens (primary N) is 1. The highest BCUT2D eigenvalue weighted by Crippen LogP contribution is 2.31. The first-order valence-corrected chi connectivity index (χ1v) is 14.8. The quantitative estimate of drug-likeness (QED) is 0.291. The number of nitrogen functional groups attached to an aromatic ring is 1. The summed E-state index contributed by atoms with van der Waals surface area (Å²) in [4.78, 5) is 11.7. The van der Waals surface area contributed by atoms with Crippen LogP contribution >= 0.6 is 0 Å². The van der Waals surface area contributed by atoms with E-state index < -0.39 is 0 Å². The maximum Gasteiger partial charge on any atom is 0.248 e.